The van der Waals surface area contributed by atoms with Crippen molar-refractivity contribution in [2.45, 2.75) is 5.16 Å². The summed E-state index contributed by atoms with van der Waals surface area (Å²) in [6.45, 7) is -0.102. The van der Waals surface area contributed by atoms with Gasteiger partial charge in [-0.15, -0.1) is 16.4 Å². The van der Waals surface area contributed by atoms with Crippen molar-refractivity contribution >= 4 is 56.5 Å². The molecule has 7 nitrogen and oxygen atoms in total. The van der Waals surface area contributed by atoms with Gasteiger partial charge in [-0.3, -0.25) is 14.7 Å². The van der Waals surface area contributed by atoms with Crippen LogP contribution in [-0.4, -0.2) is 39.3 Å². The zero-order valence-electron chi connectivity index (χ0n) is 13.4. The summed E-state index contributed by atoms with van der Waals surface area (Å²) in [5.41, 5.74) is 0.656. The van der Waals surface area contributed by atoms with Crippen LogP contribution in [0.5, 0.6) is 0 Å². The molecule has 1 aromatic carbocycles. The standard InChI is InChI=1S/C16H14BrN5O2S2/c17-10-4-1-2-5-11(10)19-13(23)8-18-14(24)9-26-16-20-15(21-22-16)12-6-3-7-25-12/h1-7H,8-9H2,(H,18,24)(H,19,23)(H,20,21,22). The molecule has 0 bridgehead atoms. The number of carbonyl (C=O) groups excluding carboxylic acids is 2. The molecule has 134 valence electrons. The molecular weight excluding hydrogens is 438 g/mol. The molecule has 0 aliphatic rings. The second kappa shape index (κ2) is 8.97. The summed E-state index contributed by atoms with van der Waals surface area (Å²) in [7, 11) is 0. The fourth-order valence-electron chi connectivity index (χ4n) is 1.95. The number of anilines is 1. The molecule has 0 spiro atoms. The number of nitrogens with zero attached hydrogens (tertiary/aromatic N) is 2. The molecular formula is C16H14BrN5O2S2. The number of halogens is 1. The van der Waals surface area contributed by atoms with Gasteiger partial charge in [0.1, 0.15) is 0 Å². The van der Waals surface area contributed by atoms with Crippen LogP contribution in [0.1, 0.15) is 0 Å². The first-order valence-electron chi connectivity index (χ1n) is 7.52. The highest BCUT2D eigenvalue weighted by Crippen LogP contribution is 2.23. The van der Waals surface area contributed by atoms with E-state index in [-0.39, 0.29) is 24.1 Å². The number of nitrogens with one attached hydrogen (secondary N) is 3. The van der Waals surface area contributed by atoms with Crippen LogP contribution in [0.15, 0.2) is 51.4 Å². The Kier molecular flexibility index (Phi) is 6.42. The lowest BCUT2D eigenvalue weighted by atomic mass is 10.3. The fraction of sp³-hybridized carbons (Fsp3) is 0.125. The van der Waals surface area contributed by atoms with Crippen LogP contribution < -0.4 is 10.6 Å². The maximum Gasteiger partial charge on any atom is 0.243 e. The average molecular weight is 452 g/mol. The van der Waals surface area contributed by atoms with E-state index in [1.54, 1.807) is 17.4 Å². The molecule has 2 heterocycles. The molecule has 0 radical (unpaired) electrons. The van der Waals surface area contributed by atoms with Crippen LogP contribution in [-0.2, 0) is 9.59 Å². The molecule has 2 aromatic heterocycles. The van der Waals surface area contributed by atoms with Gasteiger partial charge in [-0.05, 0) is 39.5 Å². The quantitative estimate of drug-likeness (QED) is 0.479. The lowest BCUT2D eigenvalue weighted by Gasteiger charge is -2.08. The van der Waals surface area contributed by atoms with Gasteiger partial charge in [-0.1, -0.05) is 30.0 Å². The normalized spacial score (nSPS) is 10.5. The second-order valence-electron chi connectivity index (χ2n) is 5.04. The van der Waals surface area contributed by atoms with Crippen molar-refractivity contribution in [3.8, 4) is 10.7 Å². The van der Waals surface area contributed by atoms with Crippen molar-refractivity contribution in [2.24, 2.45) is 0 Å². The van der Waals surface area contributed by atoms with Gasteiger partial charge in [-0.25, -0.2) is 4.98 Å². The van der Waals surface area contributed by atoms with E-state index < -0.39 is 0 Å². The maximum absolute atomic E-state index is 11.9. The number of thiophene rings is 1. The highest BCUT2D eigenvalue weighted by molar-refractivity contribution is 9.10. The second-order valence-corrected chi connectivity index (χ2v) is 7.78. The van der Waals surface area contributed by atoms with E-state index in [1.165, 1.54) is 11.8 Å². The van der Waals surface area contributed by atoms with E-state index in [4.69, 9.17) is 0 Å². The number of rotatable bonds is 7. The molecule has 0 atom stereocenters. The smallest absolute Gasteiger partial charge is 0.243 e. The Hall–Kier alpha value is -2.17. The Morgan fingerprint density at radius 1 is 1.19 bits per heavy atom. The van der Waals surface area contributed by atoms with Gasteiger partial charge >= 0.3 is 0 Å². The molecule has 10 heteroatoms. The van der Waals surface area contributed by atoms with E-state index in [0.717, 1.165) is 9.35 Å². The molecule has 0 fully saturated rings. The minimum absolute atomic E-state index is 0.102. The van der Waals surface area contributed by atoms with Crippen LogP contribution >= 0.6 is 39.0 Å². The number of thioether (sulfide) groups is 1. The molecule has 0 saturated carbocycles. The number of aromatic amines is 1. The topological polar surface area (TPSA) is 99.8 Å². The van der Waals surface area contributed by atoms with Crippen LogP contribution in [0.25, 0.3) is 10.7 Å². The number of hydrogen-bond donors (Lipinski definition) is 3. The van der Waals surface area contributed by atoms with E-state index in [0.29, 0.717) is 16.7 Å². The van der Waals surface area contributed by atoms with Gasteiger partial charge in [0.25, 0.3) is 0 Å². The Morgan fingerprint density at radius 3 is 2.81 bits per heavy atom. The van der Waals surface area contributed by atoms with Gasteiger partial charge in [0, 0.05) is 4.47 Å². The summed E-state index contributed by atoms with van der Waals surface area (Å²) >= 11 is 6.11. The summed E-state index contributed by atoms with van der Waals surface area (Å²) in [6.07, 6.45) is 0. The Morgan fingerprint density at radius 2 is 2.04 bits per heavy atom. The van der Waals surface area contributed by atoms with Crippen molar-refractivity contribution in [3.63, 3.8) is 0 Å². The Bertz CT molecular complexity index is 898. The van der Waals surface area contributed by atoms with E-state index in [2.05, 4.69) is 41.7 Å². The van der Waals surface area contributed by atoms with E-state index in [1.807, 2.05) is 35.7 Å². The molecule has 3 rings (SSSR count). The van der Waals surface area contributed by atoms with Gasteiger partial charge in [-0.2, -0.15) is 0 Å². The zero-order chi connectivity index (χ0) is 18.4. The predicted molar refractivity (Wildman–Crippen MR) is 106 cm³/mol. The van der Waals surface area contributed by atoms with Gasteiger partial charge in [0.05, 0.1) is 22.9 Å². The molecule has 0 unspecified atom stereocenters. The number of benzene rings is 1. The van der Waals surface area contributed by atoms with Gasteiger partial charge < -0.3 is 10.6 Å². The molecule has 0 aliphatic carbocycles. The lowest BCUT2D eigenvalue weighted by molar-refractivity contribution is -0.122. The zero-order valence-corrected chi connectivity index (χ0v) is 16.6. The maximum atomic E-state index is 11.9. The first-order chi connectivity index (χ1) is 12.6. The first-order valence-corrected chi connectivity index (χ1v) is 10.2. The third kappa shape index (κ3) is 5.16. The SMILES string of the molecule is O=C(CSc1n[nH]c(-c2cccs2)n1)NCC(=O)Nc1ccccc1Br. The molecule has 0 aliphatic heterocycles. The number of para-hydroxylation sites is 1. The Labute approximate surface area is 166 Å². The highest BCUT2D eigenvalue weighted by Gasteiger charge is 2.11. The van der Waals surface area contributed by atoms with Crippen LogP contribution in [0.3, 0.4) is 0 Å². The summed E-state index contributed by atoms with van der Waals surface area (Å²) in [6, 6.07) is 11.1. The van der Waals surface area contributed by atoms with Crippen molar-refractivity contribution in [1.29, 1.82) is 0 Å². The minimum atomic E-state index is -0.298. The average Bonchev–Trinajstić information content (AvgIpc) is 3.31. The van der Waals surface area contributed by atoms with Crippen molar-refractivity contribution in [3.05, 3.63) is 46.3 Å². The monoisotopic (exact) mass is 451 g/mol. The molecule has 26 heavy (non-hydrogen) atoms. The number of aromatic nitrogens is 3. The molecule has 3 N–H and O–H groups in total. The summed E-state index contributed by atoms with van der Waals surface area (Å²) in [5, 5.41) is 14.7. The number of amides is 2. The molecule has 3 aromatic rings. The summed E-state index contributed by atoms with van der Waals surface area (Å²) in [5.74, 6) is 0.243. The first kappa shape index (κ1) is 18.6. The molecule has 0 saturated heterocycles. The van der Waals surface area contributed by atoms with Crippen molar-refractivity contribution in [2.75, 3.05) is 17.6 Å². The minimum Gasteiger partial charge on any atom is -0.346 e. The van der Waals surface area contributed by atoms with Gasteiger partial charge in [0.2, 0.25) is 17.0 Å². The van der Waals surface area contributed by atoms with Crippen LogP contribution in [0, 0.1) is 0 Å². The van der Waals surface area contributed by atoms with Crippen molar-refractivity contribution < 1.29 is 9.59 Å². The van der Waals surface area contributed by atoms with Gasteiger partial charge in [0.15, 0.2) is 5.82 Å². The largest absolute Gasteiger partial charge is 0.346 e. The third-order valence-electron chi connectivity index (χ3n) is 3.15. The lowest BCUT2D eigenvalue weighted by Crippen LogP contribution is -2.33. The number of carbonyl (C=O) groups is 2. The number of hydrogen-bond acceptors (Lipinski definition) is 6. The predicted octanol–water partition coefficient (Wildman–Crippen LogP) is 3.14. The Balaban J connectivity index is 1.42. The number of H-pyrrole nitrogens is 1. The van der Waals surface area contributed by atoms with Crippen LogP contribution in [0.4, 0.5) is 5.69 Å². The van der Waals surface area contributed by atoms with E-state index in [9.17, 15) is 9.59 Å². The van der Waals surface area contributed by atoms with E-state index >= 15 is 0 Å². The summed E-state index contributed by atoms with van der Waals surface area (Å²) < 4.78 is 0.779. The fourth-order valence-corrected chi connectivity index (χ4v) is 3.63. The highest BCUT2D eigenvalue weighted by atomic mass is 79.9. The third-order valence-corrected chi connectivity index (χ3v) is 5.56. The summed E-state index contributed by atoms with van der Waals surface area (Å²) in [4.78, 5) is 29.1. The molecule has 2 amide bonds. The van der Waals surface area contributed by atoms with Crippen molar-refractivity contribution in [1.82, 2.24) is 20.5 Å². The van der Waals surface area contributed by atoms with Crippen LogP contribution in [0.2, 0.25) is 0 Å².